The minimum atomic E-state index is -3.89. The van der Waals surface area contributed by atoms with Gasteiger partial charge in [0.15, 0.2) is 18.0 Å². The first-order valence-electron chi connectivity index (χ1n) is 7.74. The number of nitrogens with zero attached hydrogens (tertiary/aromatic N) is 3. The maximum atomic E-state index is 14.1. The molecular weight excluding hydrogens is 395 g/mol. The molecule has 0 N–H and O–H groups in total. The third-order valence-corrected chi connectivity index (χ3v) is 5.75. The van der Waals surface area contributed by atoms with Crippen LogP contribution in [0, 0.1) is 28.6 Å². The number of fused-ring (bicyclic) bond motifs is 1. The Kier molecular flexibility index (Phi) is 5.08. The van der Waals surface area contributed by atoms with Gasteiger partial charge < -0.3 is 4.74 Å². The standard InChI is InChI=1S/C18H10F3N3O3S/c19-8-28(26,24-9-23)16-2-1-15(13-6-14(21)18(25)17(13)16)27-12-4-10(7-22)3-11(20)5-12/h1-5,14H,6,8H2. The van der Waals surface area contributed by atoms with E-state index < -0.39 is 39.9 Å². The van der Waals surface area contributed by atoms with Crippen molar-refractivity contribution >= 4 is 15.5 Å². The van der Waals surface area contributed by atoms with Crippen LogP contribution in [0.25, 0.3) is 0 Å². The van der Waals surface area contributed by atoms with Gasteiger partial charge in [0.1, 0.15) is 27.0 Å². The topological polar surface area (TPSA) is 103 Å². The maximum absolute atomic E-state index is 14.1. The zero-order chi connectivity index (χ0) is 20.5. The number of hydrogen-bond acceptors (Lipinski definition) is 6. The Labute approximate surface area is 158 Å². The molecule has 2 unspecified atom stereocenters. The Balaban J connectivity index is 2.18. The van der Waals surface area contributed by atoms with Gasteiger partial charge in [-0.25, -0.2) is 17.4 Å². The molecule has 0 amide bonds. The number of carbonyl (C=O) groups excluding carboxylic acids is 1. The second-order valence-electron chi connectivity index (χ2n) is 5.78. The molecule has 2 aromatic carbocycles. The molecule has 0 saturated heterocycles. The van der Waals surface area contributed by atoms with Crippen LogP contribution in [0.2, 0.25) is 0 Å². The highest BCUT2D eigenvalue weighted by atomic mass is 32.2. The van der Waals surface area contributed by atoms with Crippen molar-refractivity contribution in [1.82, 2.24) is 0 Å². The predicted octanol–water partition coefficient (Wildman–Crippen LogP) is 3.80. The number of ether oxygens (including phenoxy) is 1. The van der Waals surface area contributed by atoms with E-state index in [1.807, 2.05) is 0 Å². The fourth-order valence-corrected chi connectivity index (χ4v) is 4.10. The van der Waals surface area contributed by atoms with Crippen LogP contribution in [0.3, 0.4) is 0 Å². The SMILES string of the molecule is N#CN=S(=O)(CF)c1ccc(Oc2cc(F)cc(C#N)c2)c2c1C(=O)C(F)C2. The molecule has 10 heteroatoms. The highest BCUT2D eigenvalue weighted by Gasteiger charge is 2.38. The average Bonchev–Trinajstić information content (AvgIpc) is 2.97. The summed E-state index contributed by atoms with van der Waals surface area (Å²) in [4.78, 5) is 11.8. The molecule has 2 atom stereocenters. The molecule has 0 fully saturated rings. The van der Waals surface area contributed by atoms with Crippen LogP contribution in [0.1, 0.15) is 21.5 Å². The lowest BCUT2D eigenvalue weighted by atomic mass is 10.1. The molecule has 0 aliphatic heterocycles. The summed E-state index contributed by atoms with van der Waals surface area (Å²) in [5, 5.41) is 17.6. The second kappa shape index (κ2) is 7.33. The highest BCUT2D eigenvalue weighted by Crippen LogP contribution is 2.39. The lowest BCUT2D eigenvalue weighted by molar-refractivity contribution is 0.0896. The van der Waals surface area contributed by atoms with E-state index in [1.165, 1.54) is 18.3 Å². The molecule has 0 spiro atoms. The Bertz CT molecular complexity index is 1190. The minimum absolute atomic E-state index is 0.00656. The van der Waals surface area contributed by atoms with Crippen molar-refractivity contribution in [2.75, 3.05) is 6.01 Å². The summed E-state index contributed by atoms with van der Waals surface area (Å²) in [7, 11) is -3.89. The molecule has 1 aliphatic carbocycles. The fourth-order valence-electron chi connectivity index (χ4n) is 2.88. The van der Waals surface area contributed by atoms with Crippen LogP contribution in [-0.2, 0) is 16.1 Å². The van der Waals surface area contributed by atoms with Gasteiger partial charge in [-0.3, -0.25) is 4.79 Å². The zero-order valence-corrected chi connectivity index (χ0v) is 14.8. The Morgan fingerprint density at radius 1 is 1.29 bits per heavy atom. The molecular formula is C18H10F3N3O3S. The van der Waals surface area contributed by atoms with Crippen LogP contribution in [0.5, 0.6) is 11.5 Å². The third-order valence-electron chi connectivity index (χ3n) is 4.05. The lowest BCUT2D eigenvalue weighted by Gasteiger charge is -2.14. The summed E-state index contributed by atoms with van der Waals surface area (Å²) in [5.41, 5.74) is -0.369. The molecule has 0 radical (unpaired) electrons. The van der Waals surface area contributed by atoms with E-state index in [0.29, 0.717) is 0 Å². The number of nitriles is 2. The zero-order valence-electron chi connectivity index (χ0n) is 14.0. The molecule has 28 heavy (non-hydrogen) atoms. The van der Waals surface area contributed by atoms with Crippen LogP contribution in [0.4, 0.5) is 13.2 Å². The van der Waals surface area contributed by atoms with E-state index >= 15 is 0 Å². The smallest absolute Gasteiger partial charge is 0.215 e. The fraction of sp³-hybridized carbons (Fsp3) is 0.167. The molecule has 1 aliphatic rings. The monoisotopic (exact) mass is 405 g/mol. The minimum Gasteiger partial charge on any atom is -0.457 e. The first kappa shape index (κ1) is 19.4. The lowest BCUT2D eigenvalue weighted by Crippen LogP contribution is -2.13. The van der Waals surface area contributed by atoms with E-state index in [1.54, 1.807) is 6.07 Å². The molecule has 0 heterocycles. The van der Waals surface area contributed by atoms with Crippen molar-refractivity contribution in [3.05, 3.63) is 52.8 Å². The van der Waals surface area contributed by atoms with Crippen LogP contribution in [0.15, 0.2) is 39.6 Å². The number of carbonyl (C=O) groups is 1. The Hall–Kier alpha value is -3.37. The van der Waals surface area contributed by atoms with E-state index in [0.717, 1.165) is 18.2 Å². The predicted molar refractivity (Wildman–Crippen MR) is 91.0 cm³/mol. The van der Waals surface area contributed by atoms with E-state index in [4.69, 9.17) is 15.3 Å². The van der Waals surface area contributed by atoms with Crippen molar-refractivity contribution in [2.24, 2.45) is 4.36 Å². The number of rotatable bonds is 4. The van der Waals surface area contributed by atoms with E-state index in [2.05, 4.69) is 4.36 Å². The number of halogens is 3. The van der Waals surface area contributed by atoms with Crippen LogP contribution in [-0.4, -0.2) is 22.2 Å². The van der Waals surface area contributed by atoms with Gasteiger partial charge in [0.25, 0.3) is 0 Å². The van der Waals surface area contributed by atoms with E-state index in [9.17, 15) is 22.2 Å². The first-order valence-corrected chi connectivity index (χ1v) is 9.43. The number of ketones is 1. The van der Waals surface area contributed by atoms with E-state index in [-0.39, 0.29) is 33.1 Å². The molecule has 0 aromatic heterocycles. The van der Waals surface area contributed by atoms with Gasteiger partial charge in [0, 0.05) is 23.6 Å². The second-order valence-corrected chi connectivity index (χ2v) is 7.90. The van der Waals surface area contributed by atoms with Gasteiger partial charge in [-0.05, 0) is 24.3 Å². The summed E-state index contributed by atoms with van der Waals surface area (Å²) in [6, 6.07) is 5.71. The molecule has 3 rings (SSSR count). The van der Waals surface area contributed by atoms with Crippen LogP contribution >= 0.6 is 0 Å². The average molecular weight is 405 g/mol. The van der Waals surface area contributed by atoms with Crippen molar-refractivity contribution in [3.63, 3.8) is 0 Å². The van der Waals surface area contributed by atoms with Gasteiger partial charge in [-0.15, -0.1) is 4.36 Å². The summed E-state index contributed by atoms with van der Waals surface area (Å²) in [6.45, 7) is 0. The molecule has 0 bridgehead atoms. The normalized spacial score (nSPS) is 17.2. The van der Waals surface area contributed by atoms with Crippen molar-refractivity contribution < 1.29 is 26.9 Å². The van der Waals surface area contributed by atoms with Crippen LogP contribution < -0.4 is 4.74 Å². The van der Waals surface area contributed by atoms with Crippen molar-refractivity contribution in [3.8, 4) is 23.8 Å². The summed E-state index contributed by atoms with van der Waals surface area (Å²) < 4.78 is 62.2. The van der Waals surface area contributed by atoms with Crippen molar-refractivity contribution in [2.45, 2.75) is 17.5 Å². The van der Waals surface area contributed by atoms with Gasteiger partial charge in [0.05, 0.1) is 16.5 Å². The maximum Gasteiger partial charge on any atom is 0.215 e. The molecule has 6 nitrogen and oxygen atoms in total. The summed E-state index contributed by atoms with van der Waals surface area (Å²) in [5.74, 6) is -1.88. The molecule has 142 valence electrons. The summed E-state index contributed by atoms with van der Waals surface area (Å²) >= 11 is 0. The number of hydrogen-bond donors (Lipinski definition) is 0. The largest absolute Gasteiger partial charge is 0.457 e. The molecule has 2 aromatic rings. The Morgan fingerprint density at radius 3 is 2.68 bits per heavy atom. The highest BCUT2D eigenvalue weighted by molar-refractivity contribution is 7.93. The van der Waals surface area contributed by atoms with Gasteiger partial charge in [-0.1, -0.05) is 0 Å². The first-order chi connectivity index (χ1) is 13.3. The van der Waals surface area contributed by atoms with Gasteiger partial charge >= 0.3 is 0 Å². The summed E-state index contributed by atoms with van der Waals surface area (Å²) in [6.07, 6.45) is -1.14. The van der Waals surface area contributed by atoms with Crippen molar-refractivity contribution in [1.29, 1.82) is 10.5 Å². The molecule has 0 saturated carbocycles. The van der Waals surface area contributed by atoms with Gasteiger partial charge in [0.2, 0.25) is 6.19 Å². The van der Waals surface area contributed by atoms with Gasteiger partial charge in [-0.2, -0.15) is 10.5 Å². The third kappa shape index (κ3) is 3.30. The Morgan fingerprint density at radius 2 is 2.04 bits per heavy atom. The quantitative estimate of drug-likeness (QED) is 0.720. The number of Topliss-reactive ketones (excluding diaryl/α,β-unsaturated/α-hetero) is 1. The number of benzene rings is 2. The number of alkyl halides is 2.